The lowest BCUT2D eigenvalue weighted by molar-refractivity contribution is -0.120. The van der Waals surface area contributed by atoms with E-state index >= 15 is 0 Å². The van der Waals surface area contributed by atoms with E-state index in [1.54, 1.807) is 13.0 Å². The summed E-state index contributed by atoms with van der Waals surface area (Å²) in [6.45, 7) is 8.57. The molecule has 0 atom stereocenters. The molecule has 3 heterocycles. The van der Waals surface area contributed by atoms with Gasteiger partial charge in [-0.1, -0.05) is 17.3 Å². The number of hydrogen-bond donors (Lipinski definition) is 2. The highest BCUT2D eigenvalue weighted by Gasteiger charge is 2.21. The van der Waals surface area contributed by atoms with Crippen LogP contribution in [0.15, 0.2) is 34.9 Å². The van der Waals surface area contributed by atoms with Crippen molar-refractivity contribution in [2.45, 2.75) is 13.5 Å². The molecule has 0 spiro atoms. The Balaban J connectivity index is 1.17. The SMILES string of the molecule is Cc1cc(NC(=O)CN2CCN(CC(=O)Nc3cccc(CN4CCSCC4)c3)CC2)no1. The van der Waals surface area contributed by atoms with Gasteiger partial charge < -0.3 is 15.2 Å². The Morgan fingerprint density at radius 2 is 1.61 bits per heavy atom. The highest BCUT2D eigenvalue weighted by atomic mass is 32.2. The molecule has 2 fully saturated rings. The summed E-state index contributed by atoms with van der Waals surface area (Å²) in [5.41, 5.74) is 2.08. The standard InChI is InChI=1S/C23H32N6O3S/c1-18-13-21(26-32-18)25-23(31)17-28-7-5-27(6-8-28)16-22(30)24-20-4-2-3-19(14-20)15-29-9-11-33-12-10-29/h2-4,13-14H,5-12,15-17H2,1H3,(H,24,30)(H,25,26,31). The molecule has 0 radical (unpaired) electrons. The summed E-state index contributed by atoms with van der Waals surface area (Å²) >= 11 is 2.01. The molecule has 4 rings (SSSR count). The van der Waals surface area contributed by atoms with E-state index in [9.17, 15) is 9.59 Å². The molecule has 2 saturated heterocycles. The summed E-state index contributed by atoms with van der Waals surface area (Å²) in [4.78, 5) is 31.4. The van der Waals surface area contributed by atoms with Crippen LogP contribution in [0.2, 0.25) is 0 Å². The minimum atomic E-state index is -0.113. The smallest absolute Gasteiger partial charge is 0.239 e. The van der Waals surface area contributed by atoms with E-state index < -0.39 is 0 Å². The van der Waals surface area contributed by atoms with Gasteiger partial charge >= 0.3 is 0 Å². The Labute approximate surface area is 198 Å². The third-order valence-corrected chi connectivity index (χ3v) is 6.76. The van der Waals surface area contributed by atoms with Crippen LogP contribution < -0.4 is 10.6 Å². The second-order valence-corrected chi connectivity index (χ2v) is 9.79. The number of thioether (sulfide) groups is 1. The van der Waals surface area contributed by atoms with Crippen molar-refractivity contribution in [3.8, 4) is 0 Å². The predicted octanol–water partition coefficient (Wildman–Crippen LogP) is 1.73. The van der Waals surface area contributed by atoms with E-state index in [-0.39, 0.29) is 11.8 Å². The fraction of sp³-hybridized carbons (Fsp3) is 0.522. The third kappa shape index (κ3) is 7.56. The largest absolute Gasteiger partial charge is 0.360 e. The number of carbonyl (C=O) groups is 2. The van der Waals surface area contributed by atoms with Crippen molar-refractivity contribution >= 4 is 35.1 Å². The van der Waals surface area contributed by atoms with Gasteiger partial charge in [-0.3, -0.25) is 24.3 Å². The monoisotopic (exact) mass is 472 g/mol. The molecule has 2 aliphatic rings. The Kier molecular flexibility index (Phi) is 8.38. The topological polar surface area (TPSA) is 94.0 Å². The maximum Gasteiger partial charge on any atom is 0.239 e. The van der Waals surface area contributed by atoms with Crippen LogP contribution >= 0.6 is 11.8 Å². The minimum Gasteiger partial charge on any atom is -0.360 e. The van der Waals surface area contributed by atoms with Crippen LogP contribution in [0.4, 0.5) is 11.5 Å². The Morgan fingerprint density at radius 1 is 0.939 bits per heavy atom. The van der Waals surface area contributed by atoms with Crippen LogP contribution in [-0.4, -0.2) is 95.5 Å². The summed E-state index contributed by atoms with van der Waals surface area (Å²) in [7, 11) is 0. The summed E-state index contributed by atoms with van der Waals surface area (Å²) < 4.78 is 4.96. The van der Waals surface area contributed by atoms with Gasteiger partial charge in [0.25, 0.3) is 0 Å². The molecule has 1 aromatic heterocycles. The van der Waals surface area contributed by atoms with Crippen molar-refractivity contribution in [2.75, 3.05) is 74.5 Å². The zero-order valence-electron chi connectivity index (χ0n) is 19.1. The summed E-state index contributed by atoms with van der Waals surface area (Å²) in [5, 5.41) is 9.57. The molecule has 0 unspecified atom stereocenters. The molecular weight excluding hydrogens is 440 g/mol. The van der Waals surface area contributed by atoms with Gasteiger partial charge in [-0.2, -0.15) is 11.8 Å². The van der Waals surface area contributed by atoms with Crippen molar-refractivity contribution in [1.82, 2.24) is 19.9 Å². The van der Waals surface area contributed by atoms with Gasteiger partial charge in [-0.15, -0.1) is 0 Å². The van der Waals surface area contributed by atoms with Gasteiger partial charge in [0, 0.05) is 69.1 Å². The van der Waals surface area contributed by atoms with E-state index in [2.05, 4.69) is 42.6 Å². The molecule has 2 aromatic rings. The maximum atomic E-state index is 12.6. The van der Waals surface area contributed by atoms with Crippen molar-refractivity contribution in [2.24, 2.45) is 0 Å². The van der Waals surface area contributed by atoms with E-state index in [4.69, 9.17) is 4.52 Å². The third-order valence-electron chi connectivity index (χ3n) is 5.82. The van der Waals surface area contributed by atoms with Crippen LogP contribution in [-0.2, 0) is 16.1 Å². The quantitative estimate of drug-likeness (QED) is 0.600. The molecule has 0 aliphatic carbocycles. The van der Waals surface area contributed by atoms with Crippen molar-refractivity contribution < 1.29 is 14.1 Å². The second-order valence-electron chi connectivity index (χ2n) is 8.56. The number of nitrogens with zero attached hydrogens (tertiary/aromatic N) is 4. The Morgan fingerprint density at radius 3 is 2.24 bits per heavy atom. The molecule has 2 amide bonds. The van der Waals surface area contributed by atoms with Crippen molar-refractivity contribution in [3.05, 3.63) is 41.7 Å². The number of aromatic nitrogens is 1. The first-order valence-corrected chi connectivity index (χ1v) is 12.6. The highest BCUT2D eigenvalue weighted by molar-refractivity contribution is 7.99. The lowest BCUT2D eigenvalue weighted by Gasteiger charge is -2.33. The van der Waals surface area contributed by atoms with Gasteiger partial charge in [0.1, 0.15) is 5.76 Å². The Hall–Kier alpha value is -2.40. The number of anilines is 2. The molecule has 10 heteroatoms. The molecule has 33 heavy (non-hydrogen) atoms. The molecule has 1 aromatic carbocycles. The zero-order chi connectivity index (χ0) is 23.0. The molecule has 2 N–H and O–H groups in total. The van der Waals surface area contributed by atoms with Gasteiger partial charge in [-0.25, -0.2) is 0 Å². The maximum absolute atomic E-state index is 12.6. The fourth-order valence-corrected chi connectivity index (χ4v) is 5.06. The van der Waals surface area contributed by atoms with Crippen molar-refractivity contribution in [3.63, 3.8) is 0 Å². The second kappa shape index (κ2) is 11.6. The van der Waals surface area contributed by atoms with E-state index in [1.807, 2.05) is 23.9 Å². The average Bonchev–Trinajstić information content (AvgIpc) is 3.20. The van der Waals surface area contributed by atoms with E-state index in [0.717, 1.165) is 51.5 Å². The molecule has 2 aliphatic heterocycles. The normalized spacial score (nSPS) is 18.2. The first-order valence-electron chi connectivity index (χ1n) is 11.4. The van der Waals surface area contributed by atoms with Crippen molar-refractivity contribution in [1.29, 1.82) is 0 Å². The van der Waals surface area contributed by atoms with Crippen LogP contribution in [0.1, 0.15) is 11.3 Å². The van der Waals surface area contributed by atoms with Gasteiger partial charge in [0.2, 0.25) is 11.8 Å². The number of piperazine rings is 1. The molecular formula is C23H32N6O3S. The van der Waals surface area contributed by atoms with Crippen LogP contribution in [0.3, 0.4) is 0 Å². The molecule has 178 valence electrons. The van der Waals surface area contributed by atoms with Crippen LogP contribution in [0.25, 0.3) is 0 Å². The molecule has 0 saturated carbocycles. The number of hydrogen-bond acceptors (Lipinski definition) is 8. The number of aryl methyl sites for hydroxylation is 1. The molecule has 9 nitrogen and oxygen atoms in total. The van der Waals surface area contributed by atoms with Crippen LogP contribution in [0, 0.1) is 6.92 Å². The number of rotatable bonds is 8. The lowest BCUT2D eigenvalue weighted by Crippen LogP contribution is -2.50. The fourth-order valence-electron chi connectivity index (χ4n) is 4.08. The number of amides is 2. The minimum absolute atomic E-state index is 0.00545. The number of carbonyl (C=O) groups excluding carboxylic acids is 2. The number of benzene rings is 1. The van der Waals surface area contributed by atoms with Gasteiger partial charge in [0.05, 0.1) is 13.1 Å². The average molecular weight is 473 g/mol. The van der Waals surface area contributed by atoms with Gasteiger partial charge in [-0.05, 0) is 24.6 Å². The zero-order valence-corrected chi connectivity index (χ0v) is 19.9. The first kappa shape index (κ1) is 23.7. The lowest BCUT2D eigenvalue weighted by atomic mass is 10.2. The first-order chi connectivity index (χ1) is 16.0. The summed E-state index contributed by atoms with van der Waals surface area (Å²) in [6.07, 6.45) is 0. The van der Waals surface area contributed by atoms with Gasteiger partial charge in [0.15, 0.2) is 5.82 Å². The van der Waals surface area contributed by atoms with E-state index in [0.29, 0.717) is 24.7 Å². The summed E-state index contributed by atoms with van der Waals surface area (Å²) in [6, 6.07) is 9.84. The summed E-state index contributed by atoms with van der Waals surface area (Å²) in [5.74, 6) is 3.36. The number of nitrogens with one attached hydrogen (secondary N) is 2. The predicted molar refractivity (Wildman–Crippen MR) is 130 cm³/mol. The van der Waals surface area contributed by atoms with E-state index in [1.165, 1.54) is 17.1 Å². The Bertz CT molecular complexity index is 938. The highest BCUT2D eigenvalue weighted by Crippen LogP contribution is 2.16. The van der Waals surface area contributed by atoms with Crippen LogP contribution in [0.5, 0.6) is 0 Å². The molecule has 0 bridgehead atoms.